The Hall–Kier alpha value is -1.76. The first-order valence-corrected chi connectivity index (χ1v) is 5.73. The standard InChI is InChI=1S/C12H15F3N2O2/c1-2-17(7-8-18)11(19)16-10-6-4-3-5-9(10)12(13,14)15/h3-6,18H,2,7-8H2,1H3,(H,16,19). The highest BCUT2D eigenvalue weighted by Gasteiger charge is 2.33. The molecule has 0 aliphatic rings. The van der Waals surface area contributed by atoms with Crippen molar-refractivity contribution in [1.29, 1.82) is 0 Å². The molecule has 0 unspecified atom stereocenters. The van der Waals surface area contributed by atoms with Crippen molar-refractivity contribution >= 4 is 11.7 Å². The number of nitrogens with zero attached hydrogens (tertiary/aromatic N) is 1. The van der Waals surface area contributed by atoms with E-state index in [9.17, 15) is 18.0 Å². The Morgan fingerprint density at radius 3 is 2.53 bits per heavy atom. The molecule has 0 aliphatic carbocycles. The molecule has 106 valence electrons. The van der Waals surface area contributed by atoms with Gasteiger partial charge in [0.05, 0.1) is 17.9 Å². The highest BCUT2D eigenvalue weighted by Crippen LogP contribution is 2.34. The van der Waals surface area contributed by atoms with Gasteiger partial charge in [-0.3, -0.25) is 0 Å². The first-order valence-electron chi connectivity index (χ1n) is 5.73. The number of benzene rings is 1. The largest absolute Gasteiger partial charge is 0.418 e. The number of aliphatic hydroxyl groups is 1. The number of rotatable bonds is 4. The van der Waals surface area contributed by atoms with Gasteiger partial charge in [-0.1, -0.05) is 12.1 Å². The maximum absolute atomic E-state index is 12.7. The van der Waals surface area contributed by atoms with Crippen LogP contribution in [0.4, 0.5) is 23.7 Å². The maximum Gasteiger partial charge on any atom is 0.418 e. The predicted molar refractivity (Wildman–Crippen MR) is 64.8 cm³/mol. The van der Waals surface area contributed by atoms with Crippen molar-refractivity contribution in [3.05, 3.63) is 29.8 Å². The number of urea groups is 1. The molecular weight excluding hydrogens is 261 g/mol. The van der Waals surface area contributed by atoms with Crippen molar-refractivity contribution < 1.29 is 23.1 Å². The molecule has 1 aromatic carbocycles. The zero-order chi connectivity index (χ0) is 14.5. The van der Waals surface area contributed by atoms with Crippen LogP contribution in [0.5, 0.6) is 0 Å². The molecule has 0 bridgehead atoms. The molecule has 0 saturated carbocycles. The highest BCUT2D eigenvalue weighted by molar-refractivity contribution is 5.90. The second-order valence-corrected chi connectivity index (χ2v) is 3.78. The molecule has 2 N–H and O–H groups in total. The molecule has 4 nitrogen and oxygen atoms in total. The molecule has 0 atom stereocenters. The molecule has 19 heavy (non-hydrogen) atoms. The fourth-order valence-electron chi connectivity index (χ4n) is 1.56. The summed E-state index contributed by atoms with van der Waals surface area (Å²) in [7, 11) is 0. The van der Waals surface area contributed by atoms with Gasteiger partial charge in [0.2, 0.25) is 0 Å². The molecule has 7 heteroatoms. The van der Waals surface area contributed by atoms with Crippen molar-refractivity contribution in [1.82, 2.24) is 4.90 Å². The third-order valence-electron chi connectivity index (χ3n) is 2.51. The fourth-order valence-corrected chi connectivity index (χ4v) is 1.56. The van der Waals surface area contributed by atoms with Crippen LogP contribution in [0.3, 0.4) is 0 Å². The topological polar surface area (TPSA) is 52.6 Å². The summed E-state index contributed by atoms with van der Waals surface area (Å²) in [6.07, 6.45) is -4.53. The summed E-state index contributed by atoms with van der Waals surface area (Å²) >= 11 is 0. The van der Waals surface area contributed by atoms with Crippen LogP contribution in [0.15, 0.2) is 24.3 Å². The number of carbonyl (C=O) groups excluding carboxylic acids is 1. The summed E-state index contributed by atoms with van der Waals surface area (Å²) in [6.45, 7) is 1.78. The second-order valence-electron chi connectivity index (χ2n) is 3.78. The smallest absolute Gasteiger partial charge is 0.395 e. The van der Waals surface area contributed by atoms with Crippen LogP contribution in [0.25, 0.3) is 0 Å². The van der Waals surface area contributed by atoms with Gasteiger partial charge in [0.25, 0.3) is 0 Å². The molecule has 0 radical (unpaired) electrons. The minimum Gasteiger partial charge on any atom is -0.395 e. The fraction of sp³-hybridized carbons (Fsp3) is 0.417. The number of aliphatic hydroxyl groups excluding tert-OH is 1. The molecule has 2 amide bonds. The number of likely N-dealkylation sites (N-methyl/N-ethyl adjacent to an activating group) is 1. The Bertz CT molecular complexity index is 435. The number of anilines is 1. The van der Waals surface area contributed by atoms with Crippen LogP contribution in [-0.2, 0) is 6.18 Å². The zero-order valence-electron chi connectivity index (χ0n) is 10.4. The molecule has 0 spiro atoms. The van der Waals surface area contributed by atoms with E-state index in [1.165, 1.54) is 23.1 Å². The first-order chi connectivity index (χ1) is 8.90. The Labute approximate surface area is 108 Å². The monoisotopic (exact) mass is 276 g/mol. The van der Waals surface area contributed by atoms with Gasteiger partial charge < -0.3 is 15.3 Å². The van der Waals surface area contributed by atoms with Crippen LogP contribution < -0.4 is 5.32 Å². The van der Waals surface area contributed by atoms with Gasteiger partial charge in [-0.15, -0.1) is 0 Å². The lowest BCUT2D eigenvalue weighted by Gasteiger charge is -2.21. The van der Waals surface area contributed by atoms with Crippen molar-refractivity contribution in [2.75, 3.05) is 25.0 Å². The van der Waals surface area contributed by atoms with E-state index in [1.54, 1.807) is 6.92 Å². The first kappa shape index (κ1) is 15.3. The van der Waals surface area contributed by atoms with E-state index >= 15 is 0 Å². The Morgan fingerprint density at radius 1 is 1.37 bits per heavy atom. The lowest BCUT2D eigenvalue weighted by molar-refractivity contribution is -0.136. The van der Waals surface area contributed by atoms with E-state index in [-0.39, 0.29) is 18.8 Å². The number of halogens is 3. The third-order valence-corrected chi connectivity index (χ3v) is 2.51. The minimum atomic E-state index is -4.53. The van der Waals surface area contributed by atoms with Crippen LogP contribution >= 0.6 is 0 Å². The van der Waals surface area contributed by atoms with E-state index < -0.39 is 17.8 Å². The Balaban J connectivity index is 2.91. The molecule has 0 aromatic heterocycles. The second kappa shape index (κ2) is 6.42. The molecule has 0 saturated heterocycles. The van der Waals surface area contributed by atoms with Crippen molar-refractivity contribution in [3.63, 3.8) is 0 Å². The van der Waals surface area contributed by atoms with Crippen molar-refractivity contribution in [3.8, 4) is 0 Å². The number of hydrogen-bond acceptors (Lipinski definition) is 2. The van der Waals surface area contributed by atoms with E-state index in [0.717, 1.165) is 6.07 Å². The van der Waals surface area contributed by atoms with Gasteiger partial charge >= 0.3 is 12.2 Å². The number of para-hydroxylation sites is 1. The van der Waals surface area contributed by atoms with Crippen LogP contribution in [-0.4, -0.2) is 35.7 Å². The number of hydrogen-bond donors (Lipinski definition) is 2. The lowest BCUT2D eigenvalue weighted by atomic mass is 10.1. The summed E-state index contributed by atoms with van der Waals surface area (Å²) < 4.78 is 38.2. The van der Waals surface area contributed by atoms with Crippen LogP contribution in [0.1, 0.15) is 12.5 Å². The molecular formula is C12H15F3N2O2. The van der Waals surface area contributed by atoms with Gasteiger partial charge in [0.15, 0.2) is 0 Å². The average molecular weight is 276 g/mol. The summed E-state index contributed by atoms with van der Waals surface area (Å²) in [5, 5.41) is 11.0. The van der Waals surface area contributed by atoms with Gasteiger partial charge in [0, 0.05) is 13.1 Å². The number of amides is 2. The molecule has 1 rings (SSSR count). The van der Waals surface area contributed by atoms with Crippen molar-refractivity contribution in [2.45, 2.75) is 13.1 Å². The normalized spacial score (nSPS) is 11.2. The Morgan fingerprint density at radius 2 is 2.00 bits per heavy atom. The molecule has 1 aromatic rings. The number of nitrogens with one attached hydrogen (secondary N) is 1. The van der Waals surface area contributed by atoms with Crippen molar-refractivity contribution in [2.24, 2.45) is 0 Å². The quantitative estimate of drug-likeness (QED) is 0.888. The zero-order valence-corrected chi connectivity index (χ0v) is 10.4. The molecule has 0 fully saturated rings. The number of alkyl halides is 3. The predicted octanol–water partition coefficient (Wildman–Crippen LogP) is 2.55. The molecule has 0 aliphatic heterocycles. The number of carbonyl (C=O) groups is 1. The maximum atomic E-state index is 12.7. The summed E-state index contributed by atoms with van der Waals surface area (Å²) in [5.74, 6) is 0. The average Bonchev–Trinajstić information content (AvgIpc) is 2.35. The third kappa shape index (κ3) is 4.13. The summed E-state index contributed by atoms with van der Waals surface area (Å²) in [4.78, 5) is 13.0. The minimum absolute atomic E-state index is 0.0660. The van der Waals surface area contributed by atoms with E-state index in [2.05, 4.69) is 5.32 Å². The van der Waals surface area contributed by atoms with E-state index in [4.69, 9.17) is 5.11 Å². The van der Waals surface area contributed by atoms with Gasteiger partial charge in [-0.05, 0) is 19.1 Å². The SMILES string of the molecule is CCN(CCO)C(=O)Nc1ccccc1C(F)(F)F. The van der Waals surface area contributed by atoms with E-state index in [0.29, 0.717) is 6.54 Å². The lowest BCUT2D eigenvalue weighted by Crippen LogP contribution is -2.37. The Kier molecular flexibility index (Phi) is 5.17. The van der Waals surface area contributed by atoms with E-state index in [1.807, 2.05) is 0 Å². The van der Waals surface area contributed by atoms with Gasteiger partial charge in [0.1, 0.15) is 0 Å². The summed E-state index contributed by atoms with van der Waals surface area (Å²) in [5.41, 5.74) is -1.19. The highest BCUT2D eigenvalue weighted by atomic mass is 19.4. The van der Waals surface area contributed by atoms with Crippen LogP contribution in [0, 0.1) is 0 Å². The summed E-state index contributed by atoms with van der Waals surface area (Å²) in [6, 6.07) is 4.08. The van der Waals surface area contributed by atoms with Gasteiger partial charge in [-0.25, -0.2) is 4.79 Å². The van der Waals surface area contributed by atoms with Crippen LogP contribution in [0.2, 0.25) is 0 Å². The molecule has 0 heterocycles. The van der Waals surface area contributed by atoms with Gasteiger partial charge in [-0.2, -0.15) is 13.2 Å².